The van der Waals surface area contributed by atoms with Gasteiger partial charge in [-0.3, -0.25) is 9.59 Å². The van der Waals surface area contributed by atoms with E-state index in [0.717, 1.165) is 49.8 Å². The Hall–Kier alpha value is -2.71. The quantitative estimate of drug-likeness (QED) is 0.413. The van der Waals surface area contributed by atoms with E-state index in [1.54, 1.807) is 0 Å². The van der Waals surface area contributed by atoms with Crippen molar-refractivity contribution in [2.24, 2.45) is 5.92 Å². The predicted octanol–water partition coefficient (Wildman–Crippen LogP) is 4.19. The molecule has 0 spiro atoms. The molecule has 1 aromatic heterocycles. The number of piperidine rings is 1. The number of rotatable bonds is 12. The Morgan fingerprint density at radius 3 is 2.65 bits per heavy atom. The van der Waals surface area contributed by atoms with E-state index >= 15 is 0 Å². The highest BCUT2D eigenvalue weighted by molar-refractivity contribution is 5.91. The van der Waals surface area contributed by atoms with Gasteiger partial charge in [0.05, 0.1) is 18.1 Å². The monoisotopic (exact) mass is 509 g/mol. The Balaban J connectivity index is 1.17. The van der Waals surface area contributed by atoms with Gasteiger partial charge in [-0.2, -0.15) is 0 Å². The van der Waals surface area contributed by atoms with E-state index < -0.39 is 5.97 Å². The molecule has 0 saturated carbocycles. The lowest BCUT2D eigenvalue weighted by Crippen LogP contribution is -2.31. The molecule has 3 saturated heterocycles. The number of aromatic nitrogens is 1. The number of benzene rings is 1. The number of hydrogen-bond acceptors (Lipinski definition) is 6. The summed E-state index contributed by atoms with van der Waals surface area (Å²) in [5.74, 6) is -0.210. The smallest absolute Gasteiger partial charge is 0.303 e. The van der Waals surface area contributed by atoms with E-state index in [4.69, 9.17) is 14.3 Å². The first-order chi connectivity index (χ1) is 18.1. The normalized spacial score (nSPS) is 25.4. The van der Waals surface area contributed by atoms with Gasteiger partial charge in [-0.1, -0.05) is 30.7 Å². The molecule has 2 bridgehead atoms. The van der Waals surface area contributed by atoms with Gasteiger partial charge in [-0.05, 0) is 82.1 Å². The van der Waals surface area contributed by atoms with Crippen molar-refractivity contribution in [1.29, 1.82) is 0 Å². The highest BCUT2D eigenvalue weighted by Gasteiger charge is 2.51. The molecular weight excluding hydrogens is 470 g/mol. The lowest BCUT2D eigenvalue weighted by molar-refractivity contribution is -0.136. The lowest BCUT2D eigenvalue weighted by atomic mass is 9.75. The molecule has 0 radical (unpaired) electrons. The highest BCUT2D eigenvalue weighted by Crippen LogP contribution is 2.50. The molecule has 200 valence electrons. The number of amides is 1. The Labute approximate surface area is 218 Å². The van der Waals surface area contributed by atoms with Crippen molar-refractivity contribution >= 4 is 11.9 Å². The Kier molecular flexibility index (Phi) is 8.56. The van der Waals surface area contributed by atoms with Crippen molar-refractivity contribution in [1.82, 2.24) is 15.2 Å². The molecule has 8 nitrogen and oxygen atoms in total. The fraction of sp³-hybridized carbons (Fsp3) is 0.621. The second-order valence-corrected chi connectivity index (χ2v) is 10.8. The summed E-state index contributed by atoms with van der Waals surface area (Å²) in [5.41, 5.74) is 2.55. The summed E-state index contributed by atoms with van der Waals surface area (Å²) < 4.78 is 12.1. The van der Waals surface area contributed by atoms with Crippen LogP contribution in [0.1, 0.15) is 84.8 Å². The van der Waals surface area contributed by atoms with Crippen LogP contribution in [0.15, 0.2) is 34.9 Å². The van der Waals surface area contributed by atoms with E-state index in [-0.39, 0.29) is 36.4 Å². The van der Waals surface area contributed by atoms with Gasteiger partial charge in [0.2, 0.25) is 5.89 Å². The Morgan fingerprint density at radius 1 is 1.05 bits per heavy atom. The number of carbonyl (C=O) groups is 2. The zero-order chi connectivity index (χ0) is 25.6. The van der Waals surface area contributed by atoms with Crippen molar-refractivity contribution in [3.8, 4) is 0 Å². The number of nitrogens with zero attached hydrogens (tertiary/aromatic N) is 2. The average Bonchev–Trinajstić information content (AvgIpc) is 3.65. The van der Waals surface area contributed by atoms with Gasteiger partial charge < -0.3 is 24.5 Å². The molecule has 1 amide bonds. The third-order valence-electron chi connectivity index (χ3n) is 8.28. The first-order valence-electron chi connectivity index (χ1n) is 14.0. The van der Waals surface area contributed by atoms with Crippen LogP contribution in [-0.2, 0) is 22.4 Å². The number of oxazole rings is 1. The molecule has 1 aromatic carbocycles. The first-order valence-corrected chi connectivity index (χ1v) is 14.0. The second-order valence-electron chi connectivity index (χ2n) is 10.8. The zero-order valence-electron chi connectivity index (χ0n) is 21.6. The largest absolute Gasteiger partial charge is 0.481 e. The van der Waals surface area contributed by atoms with Gasteiger partial charge in [0.15, 0.2) is 5.69 Å². The third kappa shape index (κ3) is 6.41. The number of ether oxygens (including phenoxy) is 1. The van der Waals surface area contributed by atoms with Crippen LogP contribution < -0.4 is 5.32 Å². The molecule has 0 aliphatic carbocycles. The van der Waals surface area contributed by atoms with Crippen molar-refractivity contribution in [2.75, 3.05) is 26.2 Å². The average molecular weight is 510 g/mol. The molecule has 3 fully saturated rings. The van der Waals surface area contributed by atoms with Crippen molar-refractivity contribution in [3.05, 3.63) is 53.2 Å². The van der Waals surface area contributed by atoms with Crippen molar-refractivity contribution in [3.63, 3.8) is 0 Å². The standard InChI is InChI=1S/C29H39N3O5/c33-26(34)13-10-20-8-2-3-9-21(20)18-22-24-11-12-25(37-24)27(22)29-31-23(19-36-29)28(35)30-14-4-7-17-32-15-5-1-6-16-32/h2-3,8-9,19,22,24-25,27H,1,4-7,10-18H2,(H,30,35)(H,33,34)/t22-,24-,25+,27-/m0/s1. The summed E-state index contributed by atoms with van der Waals surface area (Å²) in [7, 11) is 0. The van der Waals surface area contributed by atoms with Crippen LogP contribution >= 0.6 is 0 Å². The summed E-state index contributed by atoms with van der Waals surface area (Å²) >= 11 is 0. The fourth-order valence-electron chi connectivity index (χ4n) is 6.35. The Bertz CT molecular complexity index is 1060. The maximum Gasteiger partial charge on any atom is 0.303 e. The van der Waals surface area contributed by atoms with E-state index in [0.29, 0.717) is 24.6 Å². The molecule has 4 heterocycles. The van der Waals surface area contributed by atoms with Gasteiger partial charge in [-0.15, -0.1) is 0 Å². The van der Waals surface area contributed by atoms with Crippen LogP contribution in [0.3, 0.4) is 0 Å². The number of carbonyl (C=O) groups excluding carboxylic acids is 1. The number of fused-ring (bicyclic) bond motifs is 2. The third-order valence-corrected chi connectivity index (χ3v) is 8.28. The van der Waals surface area contributed by atoms with E-state index in [1.807, 2.05) is 18.2 Å². The van der Waals surface area contributed by atoms with Gasteiger partial charge in [0.1, 0.15) is 6.26 Å². The molecule has 2 aromatic rings. The van der Waals surface area contributed by atoms with Gasteiger partial charge in [0, 0.05) is 18.9 Å². The number of likely N-dealkylation sites (tertiary alicyclic amines) is 1. The molecule has 5 rings (SSSR count). The summed E-state index contributed by atoms with van der Waals surface area (Å²) in [6.45, 7) is 4.16. The van der Waals surface area contributed by atoms with Crippen LogP contribution in [0.2, 0.25) is 0 Å². The number of hydrogen-bond donors (Lipinski definition) is 2. The SMILES string of the molecule is O=C(O)CCc1ccccc1C[C@@H]1[C@H](c2nc(C(=O)NCCCCN3CCCCC3)co2)[C@H]2CC[C@@H]1O2. The molecule has 0 unspecified atom stereocenters. The number of aryl methyl sites for hydroxylation is 1. The lowest BCUT2D eigenvalue weighted by Gasteiger charge is -2.26. The number of nitrogens with one attached hydrogen (secondary N) is 1. The van der Waals surface area contributed by atoms with Crippen LogP contribution in [-0.4, -0.2) is 65.3 Å². The number of aliphatic carboxylic acids is 1. The number of carboxylic acids is 1. The van der Waals surface area contributed by atoms with Crippen molar-refractivity contribution < 1.29 is 23.8 Å². The molecule has 2 N–H and O–H groups in total. The first kappa shape index (κ1) is 25.9. The van der Waals surface area contributed by atoms with Crippen LogP contribution in [0.4, 0.5) is 0 Å². The van der Waals surface area contributed by atoms with Gasteiger partial charge >= 0.3 is 5.97 Å². The summed E-state index contributed by atoms with van der Waals surface area (Å²) in [6, 6.07) is 8.06. The second kappa shape index (κ2) is 12.2. The van der Waals surface area contributed by atoms with Crippen LogP contribution in [0.5, 0.6) is 0 Å². The van der Waals surface area contributed by atoms with E-state index in [2.05, 4.69) is 21.3 Å². The minimum absolute atomic E-state index is 0.00243. The maximum atomic E-state index is 12.7. The molecule has 37 heavy (non-hydrogen) atoms. The summed E-state index contributed by atoms with van der Waals surface area (Å²) in [5, 5.41) is 12.1. The molecule has 8 heteroatoms. The van der Waals surface area contributed by atoms with Gasteiger partial charge in [0.25, 0.3) is 5.91 Å². The van der Waals surface area contributed by atoms with Gasteiger partial charge in [-0.25, -0.2) is 4.98 Å². The molecule has 3 aliphatic heterocycles. The number of carboxylic acid groups (broad SMARTS) is 1. The van der Waals surface area contributed by atoms with E-state index in [9.17, 15) is 9.59 Å². The molecular formula is C29H39N3O5. The van der Waals surface area contributed by atoms with Crippen molar-refractivity contribution in [2.45, 2.75) is 82.3 Å². The van der Waals surface area contributed by atoms with Crippen LogP contribution in [0.25, 0.3) is 0 Å². The highest BCUT2D eigenvalue weighted by atomic mass is 16.5. The summed E-state index contributed by atoms with van der Waals surface area (Å²) in [4.78, 5) is 31.0. The topological polar surface area (TPSA) is 105 Å². The summed E-state index contributed by atoms with van der Waals surface area (Å²) in [6.07, 6.45) is 11.0. The van der Waals surface area contributed by atoms with E-state index in [1.165, 1.54) is 38.6 Å². The maximum absolute atomic E-state index is 12.7. The fourth-order valence-corrected chi connectivity index (χ4v) is 6.35. The minimum Gasteiger partial charge on any atom is -0.481 e. The predicted molar refractivity (Wildman–Crippen MR) is 139 cm³/mol. The number of unbranched alkanes of at least 4 members (excludes halogenated alkanes) is 1. The molecule has 4 atom stereocenters. The molecule has 3 aliphatic rings. The van der Waals surface area contributed by atoms with Crippen LogP contribution in [0, 0.1) is 5.92 Å². The Morgan fingerprint density at radius 2 is 1.84 bits per heavy atom. The zero-order valence-corrected chi connectivity index (χ0v) is 21.6. The minimum atomic E-state index is -0.788.